The van der Waals surface area contributed by atoms with Gasteiger partial charge >= 0.3 is 0 Å². The van der Waals surface area contributed by atoms with Crippen LogP contribution in [-0.4, -0.2) is 9.97 Å². The van der Waals surface area contributed by atoms with Crippen molar-refractivity contribution in [2.45, 2.75) is 13.8 Å². The Labute approximate surface area is 210 Å². The van der Waals surface area contributed by atoms with E-state index in [0.717, 1.165) is 0 Å². The zero-order valence-corrected chi connectivity index (χ0v) is 21.3. The van der Waals surface area contributed by atoms with Crippen LogP contribution < -0.4 is 0 Å². The fourth-order valence-electron chi connectivity index (χ4n) is 3.08. The van der Waals surface area contributed by atoms with Crippen molar-refractivity contribution in [1.82, 2.24) is 9.97 Å². The van der Waals surface area contributed by atoms with E-state index >= 15 is 0 Å². The molecule has 164 valence electrons. The van der Waals surface area contributed by atoms with Crippen LogP contribution in [0, 0.1) is 44.3 Å². The molecule has 8 heteroatoms. The Kier molecular flexibility index (Phi) is 8.21. The molecule has 0 amide bonds. The van der Waals surface area contributed by atoms with Crippen LogP contribution in [0.5, 0.6) is 0 Å². The van der Waals surface area contributed by atoms with Gasteiger partial charge in [-0.15, -0.1) is 0 Å². The minimum atomic E-state index is -1.35. The van der Waals surface area contributed by atoms with Gasteiger partial charge in [0.1, 0.15) is 0 Å². The Balaban J connectivity index is 0.000000207. The summed E-state index contributed by atoms with van der Waals surface area (Å²) >= 11 is 2.41. The van der Waals surface area contributed by atoms with Crippen molar-refractivity contribution in [1.29, 1.82) is 0 Å². The third kappa shape index (κ3) is 5.28. The van der Waals surface area contributed by atoms with Gasteiger partial charge in [-0.2, -0.15) is 0 Å². The smallest absolute Gasteiger partial charge is 0.176 e. The van der Waals surface area contributed by atoms with Gasteiger partial charge in [0.15, 0.2) is 23.3 Å². The van der Waals surface area contributed by atoms with Crippen molar-refractivity contribution in [3.8, 4) is 22.3 Å². The molecule has 4 rings (SSSR count). The molecule has 4 aromatic rings. The lowest BCUT2D eigenvalue weighted by Gasteiger charge is -2.12. The highest BCUT2D eigenvalue weighted by Gasteiger charge is 2.21. The van der Waals surface area contributed by atoms with Crippen LogP contribution in [0.1, 0.15) is 11.1 Å². The van der Waals surface area contributed by atoms with E-state index in [0.29, 0.717) is 0 Å². The van der Waals surface area contributed by atoms with Gasteiger partial charge < -0.3 is 0 Å². The van der Waals surface area contributed by atoms with E-state index in [1.54, 1.807) is 0 Å². The number of benzene rings is 2. The highest BCUT2D eigenvalue weighted by Crippen LogP contribution is 2.31. The lowest BCUT2D eigenvalue weighted by atomic mass is 9.93. The van der Waals surface area contributed by atoms with Gasteiger partial charge in [0.25, 0.3) is 0 Å². The molecular formula is C24H16F4I2N2. The SMILES string of the molecule is Cc1cc(-c2ccncc2)c(C)cc1-c1ccncc1.Fc1c(F)c(I)c(F)c(F)c1I. The summed E-state index contributed by atoms with van der Waals surface area (Å²) in [6.45, 7) is 4.31. The average Bonchev–Trinajstić information content (AvgIpc) is 2.83. The van der Waals surface area contributed by atoms with E-state index in [1.807, 2.05) is 49.1 Å². The van der Waals surface area contributed by atoms with Crippen molar-refractivity contribution in [2.75, 3.05) is 0 Å². The predicted molar refractivity (Wildman–Crippen MR) is 134 cm³/mol. The molecule has 0 N–H and O–H groups in total. The van der Waals surface area contributed by atoms with Gasteiger partial charge in [0, 0.05) is 24.8 Å². The van der Waals surface area contributed by atoms with Crippen LogP contribution in [0.2, 0.25) is 0 Å². The van der Waals surface area contributed by atoms with Gasteiger partial charge in [-0.3, -0.25) is 9.97 Å². The van der Waals surface area contributed by atoms with Crippen LogP contribution in [-0.2, 0) is 0 Å². The van der Waals surface area contributed by atoms with E-state index in [4.69, 9.17) is 0 Å². The Hall–Kier alpha value is -2.08. The molecule has 0 atom stereocenters. The van der Waals surface area contributed by atoms with Crippen molar-refractivity contribution in [3.63, 3.8) is 0 Å². The number of rotatable bonds is 2. The molecule has 0 spiro atoms. The van der Waals surface area contributed by atoms with Crippen LogP contribution in [0.25, 0.3) is 22.3 Å². The van der Waals surface area contributed by atoms with Crippen molar-refractivity contribution >= 4 is 45.2 Å². The summed E-state index contributed by atoms with van der Waals surface area (Å²) in [5.74, 6) is -5.39. The van der Waals surface area contributed by atoms with E-state index < -0.39 is 30.4 Å². The van der Waals surface area contributed by atoms with Gasteiger partial charge in [0.05, 0.1) is 7.14 Å². The van der Waals surface area contributed by atoms with E-state index in [-0.39, 0.29) is 0 Å². The molecule has 0 aliphatic rings. The maximum atomic E-state index is 12.6. The molecular weight excluding hydrogens is 646 g/mol. The molecule has 0 unspecified atom stereocenters. The Morgan fingerprint density at radius 2 is 0.844 bits per heavy atom. The Morgan fingerprint density at radius 1 is 0.562 bits per heavy atom. The second-order valence-electron chi connectivity index (χ2n) is 6.84. The zero-order chi connectivity index (χ0) is 23.4. The van der Waals surface area contributed by atoms with Crippen LogP contribution >= 0.6 is 45.2 Å². The molecule has 0 saturated carbocycles. The highest BCUT2D eigenvalue weighted by atomic mass is 127. The molecule has 32 heavy (non-hydrogen) atoms. The number of aryl methyl sites for hydroxylation is 2. The molecule has 0 saturated heterocycles. The number of halogens is 6. The summed E-state index contributed by atoms with van der Waals surface area (Å²) in [5, 5.41) is 0. The zero-order valence-electron chi connectivity index (χ0n) is 16.9. The maximum Gasteiger partial charge on any atom is 0.176 e. The fourth-order valence-corrected chi connectivity index (χ4v) is 4.03. The summed E-state index contributed by atoms with van der Waals surface area (Å²) in [6, 6.07) is 12.7. The van der Waals surface area contributed by atoms with E-state index in [2.05, 4.69) is 35.9 Å². The second-order valence-corrected chi connectivity index (χ2v) is 9.00. The molecule has 0 aliphatic carbocycles. The quantitative estimate of drug-likeness (QED) is 0.0946. The first-order valence-electron chi connectivity index (χ1n) is 9.31. The minimum absolute atomic E-state index is 0.664. The van der Waals surface area contributed by atoms with Crippen molar-refractivity contribution in [2.24, 2.45) is 0 Å². The fraction of sp³-hybridized carbons (Fsp3) is 0.0833. The molecule has 0 aliphatic heterocycles. The van der Waals surface area contributed by atoms with Crippen LogP contribution in [0.4, 0.5) is 17.6 Å². The predicted octanol–water partition coefficient (Wildman–Crippen LogP) is 7.88. The summed E-state index contributed by atoms with van der Waals surface area (Å²) < 4.78 is 49.2. The van der Waals surface area contributed by atoms with Gasteiger partial charge in [-0.1, -0.05) is 12.1 Å². The molecule has 2 heterocycles. The van der Waals surface area contributed by atoms with E-state index in [1.165, 1.54) is 78.6 Å². The maximum absolute atomic E-state index is 12.6. The number of nitrogens with zero attached hydrogens (tertiary/aromatic N) is 2. The number of aromatic nitrogens is 2. The normalized spacial score (nSPS) is 10.5. The summed E-state index contributed by atoms with van der Waals surface area (Å²) in [7, 11) is 0. The highest BCUT2D eigenvalue weighted by molar-refractivity contribution is 14.1. The minimum Gasteiger partial charge on any atom is -0.265 e. The standard InChI is InChI=1S/C18H16N2.C6F4I2/c1-13-11-18(16-5-9-20-10-6-16)14(2)12-17(13)15-3-7-19-8-4-15;7-1-2(8)6(12)4(10)3(9)5(1)11/h3-12H,1-2H3;. The first-order chi connectivity index (χ1) is 15.2. The lowest BCUT2D eigenvalue weighted by molar-refractivity contribution is 0.437. The Bertz CT molecular complexity index is 1080. The van der Waals surface area contributed by atoms with E-state index in [9.17, 15) is 17.6 Å². The van der Waals surface area contributed by atoms with Crippen LogP contribution in [0.15, 0.2) is 61.2 Å². The average molecular weight is 662 g/mol. The van der Waals surface area contributed by atoms with Crippen LogP contribution in [0.3, 0.4) is 0 Å². The monoisotopic (exact) mass is 662 g/mol. The first kappa shape index (κ1) is 24.6. The van der Waals surface area contributed by atoms with Crippen molar-refractivity contribution < 1.29 is 17.6 Å². The van der Waals surface area contributed by atoms with Crippen molar-refractivity contribution in [3.05, 3.63) is 103 Å². The van der Waals surface area contributed by atoms with Gasteiger partial charge in [0.2, 0.25) is 0 Å². The molecule has 2 aromatic heterocycles. The second kappa shape index (κ2) is 10.7. The molecule has 0 bridgehead atoms. The summed E-state index contributed by atoms with van der Waals surface area (Å²) in [5.41, 5.74) is 7.50. The molecule has 0 radical (unpaired) electrons. The summed E-state index contributed by atoms with van der Waals surface area (Å²) in [6.07, 6.45) is 7.34. The number of pyridine rings is 2. The third-order valence-corrected chi connectivity index (χ3v) is 6.60. The topological polar surface area (TPSA) is 25.8 Å². The lowest BCUT2D eigenvalue weighted by Crippen LogP contribution is -2.02. The number of hydrogen-bond donors (Lipinski definition) is 0. The Morgan fingerprint density at radius 3 is 1.12 bits per heavy atom. The molecule has 2 nitrogen and oxygen atoms in total. The first-order valence-corrected chi connectivity index (χ1v) is 11.5. The molecule has 0 fully saturated rings. The largest absolute Gasteiger partial charge is 0.265 e. The third-order valence-electron chi connectivity index (χ3n) is 4.71. The van der Waals surface area contributed by atoms with Gasteiger partial charge in [-0.05, 0) is 117 Å². The van der Waals surface area contributed by atoms with Gasteiger partial charge in [-0.25, -0.2) is 17.6 Å². The number of hydrogen-bond acceptors (Lipinski definition) is 2. The molecule has 2 aromatic carbocycles. The summed E-state index contributed by atoms with van der Waals surface area (Å²) in [4.78, 5) is 8.16.